The number of aliphatic hydroxyl groups excluding tert-OH is 1. The molecular weight excluding hydrogens is 244 g/mol. The van der Waals surface area contributed by atoms with Gasteiger partial charge in [-0.1, -0.05) is 24.3 Å². The maximum atomic E-state index is 11.9. The fourth-order valence-electron chi connectivity index (χ4n) is 2.00. The maximum Gasteiger partial charge on any atom is 0.236 e. The van der Waals surface area contributed by atoms with Crippen molar-refractivity contribution in [2.75, 3.05) is 32.8 Å². The zero-order valence-corrected chi connectivity index (χ0v) is 11.0. The third-order valence-electron chi connectivity index (χ3n) is 3.17. The Morgan fingerprint density at radius 1 is 1.21 bits per heavy atom. The van der Waals surface area contributed by atoms with E-state index in [0.29, 0.717) is 39.4 Å². The van der Waals surface area contributed by atoms with Gasteiger partial charge in [-0.15, -0.1) is 0 Å². The normalized spacial score (nSPS) is 15.5. The van der Waals surface area contributed by atoms with Gasteiger partial charge in [-0.3, -0.25) is 4.79 Å². The van der Waals surface area contributed by atoms with Gasteiger partial charge in [0.2, 0.25) is 5.91 Å². The lowest BCUT2D eigenvalue weighted by Crippen LogP contribution is -2.44. The number of nitrogens with zero attached hydrogens (tertiary/aromatic N) is 1. The Hall–Kier alpha value is -1.43. The summed E-state index contributed by atoms with van der Waals surface area (Å²) in [6.45, 7) is 3.70. The van der Waals surface area contributed by atoms with Crippen LogP contribution in [-0.2, 0) is 22.7 Å². The first kappa shape index (κ1) is 14.0. The summed E-state index contributed by atoms with van der Waals surface area (Å²) in [5.74, 6) is 0.121. The largest absolute Gasteiger partial charge is 0.392 e. The van der Waals surface area contributed by atoms with Crippen LogP contribution in [0.15, 0.2) is 24.3 Å². The molecule has 1 aliphatic heterocycles. The van der Waals surface area contributed by atoms with Crippen molar-refractivity contribution in [1.82, 2.24) is 10.2 Å². The van der Waals surface area contributed by atoms with Crippen molar-refractivity contribution in [2.24, 2.45) is 0 Å². The second kappa shape index (κ2) is 7.23. The van der Waals surface area contributed by atoms with Gasteiger partial charge in [0.15, 0.2) is 0 Å². The molecule has 1 saturated heterocycles. The molecule has 104 valence electrons. The van der Waals surface area contributed by atoms with E-state index in [0.717, 1.165) is 11.1 Å². The quantitative estimate of drug-likeness (QED) is 0.793. The summed E-state index contributed by atoms with van der Waals surface area (Å²) in [5, 5.41) is 12.1. The number of hydrogen-bond acceptors (Lipinski definition) is 4. The Morgan fingerprint density at radius 2 is 1.84 bits per heavy atom. The first-order valence-electron chi connectivity index (χ1n) is 6.54. The Bertz CT molecular complexity index is 400. The highest BCUT2D eigenvalue weighted by Gasteiger charge is 2.15. The summed E-state index contributed by atoms with van der Waals surface area (Å²) in [6.07, 6.45) is 0. The number of aliphatic hydroxyl groups is 1. The maximum absolute atomic E-state index is 11.9. The Morgan fingerprint density at radius 3 is 2.47 bits per heavy atom. The zero-order valence-electron chi connectivity index (χ0n) is 11.0. The summed E-state index contributed by atoms with van der Waals surface area (Å²) in [4.78, 5) is 13.7. The third-order valence-corrected chi connectivity index (χ3v) is 3.17. The van der Waals surface area contributed by atoms with Gasteiger partial charge in [0, 0.05) is 19.6 Å². The second-order valence-electron chi connectivity index (χ2n) is 4.57. The molecule has 0 atom stereocenters. The molecule has 1 aromatic carbocycles. The van der Waals surface area contributed by atoms with Crippen LogP contribution >= 0.6 is 0 Å². The highest BCUT2D eigenvalue weighted by Crippen LogP contribution is 2.04. The minimum Gasteiger partial charge on any atom is -0.392 e. The number of nitrogens with one attached hydrogen (secondary N) is 1. The summed E-state index contributed by atoms with van der Waals surface area (Å²) in [6, 6.07) is 7.69. The number of carbonyl (C=O) groups excluding carboxylic acids is 1. The van der Waals surface area contributed by atoms with E-state index in [1.807, 2.05) is 29.2 Å². The number of hydrogen-bond donors (Lipinski definition) is 2. The van der Waals surface area contributed by atoms with E-state index in [2.05, 4.69) is 5.32 Å². The minimum absolute atomic E-state index is 0.0588. The summed E-state index contributed by atoms with van der Waals surface area (Å²) in [7, 11) is 0. The number of amides is 1. The lowest BCUT2D eigenvalue weighted by atomic mass is 10.1. The van der Waals surface area contributed by atoms with E-state index in [9.17, 15) is 4.79 Å². The molecule has 5 heteroatoms. The summed E-state index contributed by atoms with van der Waals surface area (Å²) in [5.41, 5.74) is 2.00. The lowest BCUT2D eigenvalue weighted by molar-refractivity contribution is -0.134. The van der Waals surface area contributed by atoms with Crippen molar-refractivity contribution in [3.05, 3.63) is 35.4 Å². The summed E-state index contributed by atoms with van der Waals surface area (Å²) >= 11 is 0. The van der Waals surface area contributed by atoms with Crippen LogP contribution in [0.3, 0.4) is 0 Å². The molecule has 0 spiro atoms. The van der Waals surface area contributed by atoms with E-state index >= 15 is 0 Å². The molecule has 0 unspecified atom stereocenters. The van der Waals surface area contributed by atoms with Crippen LogP contribution in [0.5, 0.6) is 0 Å². The number of rotatable bonds is 5. The van der Waals surface area contributed by atoms with E-state index in [4.69, 9.17) is 9.84 Å². The van der Waals surface area contributed by atoms with Crippen LogP contribution in [-0.4, -0.2) is 48.8 Å². The molecule has 1 amide bonds. The second-order valence-corrected chi connectivity index (χ2v) is 4.57. The Balaban J connectivity index is 1.71. The Kier molecular flexibility index (Phi) is 5.32. The molecule has 1 aliphatic rings. The molecule has 0 radical (unpaired) electrons. The van der Waals surface area contributed by atoms with Gasteiger partial charge in [-0.05, 0) is 11.1 Å². The van der Waals surface area contributed by atoms with Crippen LogP contribution in [0.2, 0.25) is 0 Å². The van der Waals surface area contributed by atoms with Crippen molar-refractivity contribution in [2.45, 2.75) is 13.2 Å². The van der Waals surface area contributed by atoms with E-state index in [-0.39, 0.29) is 12.5 Å². The average molecular weight is 264 g/mol. The molecular formula is C14H20N2O3. The van der Waals surface area contributed by atoms with E-state index in [1.165, 1.54) is 0 Å². The van der Waals surface area contributed by atoms with Crippen molar-refractivity contribution in [3.63, 3.8) is 0 Å². The van der Waals surface area contributed by atoms with Crippen molar-refractivity contribution >= 4 is 5.91 Å². The molecule has 1 heterocycles. The summed E-state index contributed by atoms with van der Waals surface area (Å²) < 4.78 is 5.21. The molecule has 19 heavy (non-hydrogen) atoms. The first-order valence-corrected chi connectivity index (χ1v) is 6.54. The topological polar surface area (TPSA) is 61.8 Å². The van der Waals surface area contributed by atoms with Gasteiger partial charge < -0.3 is 20.1 Å². The van der Waals surface area contributed by atoms with Crippen LogP contribution in [0.1, 0.15) is 11.1 Å². The van der Waals surface area contributed by atoms with Gasteiger partial charge in [0.05, 0.1) is 26.4 Å². The SMILES string of the molecule is O=C(CNCc1ccc(CO)cc1)N1CCOCC1. The van der Waals surface area contributed by atoms with Crippen LogP contribution in [0.4, 0.5) is 0 Å². The molecule has 2 rings (SSSR count). The number of benzene rings is 1. The van der Waals surface area contributed by atoms with Gasteiger partial charge >= 0.3 is 0 Å². The molecule has 2 N–H and O–H groups in total. The number of carbonyl (C=O) groups is 1. The molecule has 0 aliphatic carbocycles. The van der Waals surface area contributed by atoms with Crippen molar-refractivity contribution in [1.29, 1.82) is 0 Å². The fourth-order valence-corrected chi connectivity index (χ4v) is 2.00. The average Bonchev–Trinajstić information content (AvgIpc) is 2.49. The fraction of sp³-hybridized carbons (Fsp3) is 0.500. The van der Waals surface area contributed by atoms with Gasteiger partial charge in [0.25, 0.3) is 0 Å². The minimum atomic E-state index is 0.0588. The third kappa shape index (κ3) is 4.31. The standard InChI is InChI=1S/C14H20N2O3/c17-11-13-3-1-12(2-4-13)9-15-10-14(18)16-5-7-19-8-6-16/h1-4,15,17H,5-11H2. The van der Waals surface area contributed by atoms with Gasteiger partial charge in [-0.2, -0.15) is 0 Å². The zero-order chi connectivity index (χ0) is 13.5. The molecule has 5 nitrogen and oxygen atoms in total. The smallest absolute Gasteiger partial charge is 0.236 e. The van der Waals surface area contributed by atoms with Crippen molar-refractivity contribution < 1.29 is 14.6 Å². The monoisotopic (exact) mass is 264 g/mol. The molecule has 0 aromatic heterocycles. The lowest BCUT2D eigenvalue weighted by Gasteiger charge is -2.26. The molecule has 0 bridgehead atoms. The molecule has 1 fully saturated rings. The van der Waals surface area contributed by atoms with E-state index < -0.39 is 0 Å². The van der Waals surface area contributed by atoms with Crippen LogP contribution in [0, 0.1) is 0 Å². The predicted octanol–water partition coefficient (Wildman–Crippen LogP) is 0.127. The molecule has 1 aromatic rings. The number of ether oxygens (including phenoxy) is 1. The van der Waals surface area contributed by atoms with Crippen LogP contribution in [0.25, 0.3) is 0 Å². The predicted molar refractivity (Wildman–Crippen MR) is 71.5 cm³/mol. The first-order chi connectivity index (χ1) is 9.29. The highest BCUT2D eigenvalue weighted by molar-refractivity contribution is 5.78. The Labute approximate surface area is 113 Å². The van der Waals surface area contributed by atoms with Crippen LogP contribution < -0.4 is 5.32 Å². The molecule has 0 saturated carbocycles. The number of morpholine rings is 1. The van der Waals surface area contributed by atoms with Crippen molar-refractivity contribution in [3.8, 4) is 0 Å². The van der Waals surface area contributed by atoms with E-state index in [1.54, 1.807) is 0 Å². The highest BCUT2D eigenvalue weighted by atomic mass is 16.5. The van der Waals surface area contributed by atoms with Gasteiger partial charge in [0.1, 0.15) is 0 Å². The van der Waals surface area contributed by atoms with Gasteiger partial charge in [-0.25, -0.2) is 0 Å².